The van der Waals surface area contributed by atoms with Gasteiger partial charge in [-0.25, -0.2) is 0 Å². The molecule has 0 N–H and O–H groups in total. The highest BCUT2D eigenvalue weighted by molar-refractivity contribution is 6.12. The number of rotatable bonds is 3. The maximum atomic E-state index is 12.5. The molecule has 3 rings (SSSR count). The van der Waals surface area contributed by atoms with Gasteiger partial charge in [-0.3, -0.25) is 19.9 Å². The van der Waals surface area contributed by atoms with Crippen LogP contribution in [-0.4, -0.2) is 15.7 Å². The molecule has 2 aromatic carbocycles. The van der Waals surface area contributed by atoms with Crippen molar-refractivity contribution < 1.29 is 9.72 Å². The lowest BCUT2D eigenvalue weighted by atomic mass is 10.0. The van der Waals surface area contributed by atoms with E-state index in [9.17, 15) is 14.9 Å². The number of carbonyl (C=O) groups is 1. The molecule has 0 atom stereocenters. The highest BCUT2D eigenvalue weighted by Crippen LogP contribution is 2.22. The van der Waals surface area contributed by atoms with Gasteiger partial charge in [0.2, 0.25) is 5.78 Å². The minimum atomic E-state index is -0.554. The number of aromatic nitrogens is 1. The smallest absolute Gasteiger partial charge is 0.280 e. The number of para-hydroxylation sites is 2. The summed E-state index contributed by atoms with van der Waals surface area (Å²) in [6, 6.07) is 15.0. The molecule has 5 nitrogen and oxygen atoms in total. The molecule has 102 valence electrons. The second-order valence-electron chi connectivity index (χ2n) is 4.52. The number of nitrogens with zero attached hydrogens (tertiary/aromatic N) is 2. The number of ketones is 1. The molecule has 21 heavy (non-hydrogen) atoms. The predicted octanol–water partition coefficient (Wildman–Crippen LogP) is 3.37. The van der Waals surface area contributed by atoms with E-state index in [0.29, 0.717) is 5.56 Å². The van der Waals surface area contributed by atoms with Gasteiger partial charge in [-0.1, -0.05) is 30.3 Å². The van der Waals surface area contributed by atoms with Crippen molar-refractivity contribution in [1.29, 1.82) is 0 Å². The lowest BCUT2D eigenvalue weighted by Crippen LogP contribution is -2.05. The molecule has 5 heteroatoms. The zero-order valence-corrected chi connectivity index (χ0v) is 10.9. The van der Waals surface area contributed by atoms with Crippen LogP contribution in [-0.2, 0) is 0 Å². The summed E-state index contributed by atoms with van der Waals surface area (Å²) in [5.74, 6) is -0.402. The highest BCUT2D eigenvalue weighted by Gasteiger charge is 2.20. The summed E-state index contributed by atoms with van der Waals surface area (Å²) in [7, 11) is 0. The Kier molecular flexibility index (Phi) is 3.16. The van der Waals surface area contributed by atoms with Gasteiger partial charge in [0.15, 0.2) is 0 Å². The Morgan fingerprint density at radius 3 is 2.57 bits per heavy atom. The maximum Gasteiger partial charge on any atom is 0.280 e. The fourth-order valence-corrected chi connectivity index (χ4v) is 2.18. The van der Waals surface area contributed by atoms with E-state index in [1.807, 2.05) is 24.3 Å². The Labute approximate surface area is 120 Å². The molecule has 0 aliphatic rings. The first-order valence-electron chi connectivity index (χ1n) is 6.30. The molecule has 0 unspecified atom stereocenters. The SMILES string of the molecule is O=C(c1cnc2ccccc2c1)c1ccccc1[N+](=O)[O-]. The predicted molar refractivity (Wildman–Crippen MR) is 78.3 cm³/mol. The minimum Gasteiger partial charge on any atom is -0.288 e. The van der Waals surface area contributed by atoms with Crippen molar-refractivity contribution in [2.45, 2.75) is 0 Å². The fraction of sp³-hybridized carbons (Fsp3) is 0. The van der Waals surface area contributed by atoms with Gasteiger partial charge in [0.1, 0.15) is 5.56 Å². The lowest BCUT2D eigenvalue weighted by Gasteiger charge is -2.03. The van der Waals surface area contributed by atoms with Gasteiger partial charge in [0, 0.05) is 23.2 Å². The zero-order chi connectivity index (χ0) is 14.8. The number of fused-ring (bicyclic) bond motifs is 1. The van der Waals surface area contributed by atoms with Crippen LogP contribution in [0, 0.1) is 10.1 Å². The van der Waals surface area contributed by atoms with E-state index in [2.05, 4.69) is 4.98 Å². The van der Waals surface area contributed by atoms with Crippen LogP contribution >= 0.6 is 0 Å². The normalized spacial score (nSPS) is 10.5. The van der Waals surface area contributed by atoms with Crippen LogP contribution < -0.4 is 0 Å². The number of nitro benzene ring substituents is 1. The standard InChI is InChI=1S/C16H10N2O3/c19-16(13-6-2-4-8-15(13)18(20)21)12-9-11-5-1-3-7-14(11)17-10-12/h1-10H. The van der Waals surface area contributed by atoms with Gasteiger partial charge >= 0.3 is 0 Å². The molecule has 0 radical (unpaired) electrons. The summed E-state index contributed by atoms with van der Waals surface area (Å²) >= 11 is 0. The second kappa shape index (κ2) is 5.13. The van der Waals surface area contributed by atoms with Crippen LogP contribution in [0.25, 0.3) is 10.9 Å². The third-order valence-corrected chi connectivity index (χ3v) is 3.20. The number of hydrogen-bond donors (Lipinski definition) is 0. The van der Waals surface area contributed by atoms with Crippen LogP contribution in [0.15, 0.2) is 60.8 Å². The van der Waals surface area contributed by atoms with E-state index in [-0.39, 0.29) is 11.3 Å². The Morgan fingerprint density at radius 2 is 1.76 bits per heavy atom. The zero-order valence-electron chi connectivity index (χ0n) is 10.9. The molecule has 0 spiro atoms. The third kappa shape index (κ3) is 2.36. The van der Waals surface area contributed by atoms with E-state index >= 15 is 0 Å². The monoisotopic (exact) mass is 278 g/mol. The summed E-state index contributed by atoms with van der Waals surface area (Å²) in [5, 5.41) is 11.8. The largest absolute Gasteiger partial charge is 0.288 e. The minimum absolute atomic E-state index is 0.0691. The Morgan fingerprint density at radius 1 is 1.05 bits per heavy atom. The van der Waals surface area contributed by atoms with Gasteiger partial charge in [-0.15, -0.1) is 0 Å². The quantitative estimate of drug-likeness (QED) is 0.418. The molecule has 0 saturated carbocycles. The number of pyridine rings is 1. The molecule has 0 aliphatic carbocycles. The van der Waals surface area contributed by atoms with Crippen molar-refractivity contribution >= 4 is 22.4 Å². The van der Waals surface area contributed by atoms with Gasteiger partial charge in [0.05, 0.1) is 10.4 Å². The molecule has 1 aromatic heterocycles. The molecule has 0 bridgehead atoms. The molecular formula is C16H10N2O3. The average Bonchev–Trinajstić information content (AvgIpc) is 2.53. The van der Waals surface area contributed by atoms with Crippen molar-refractivity contribution in [1.82, 2.24) is 4.98 Å². The van der Waals surface area contributed by atoms with E-state index < -0.39 is 10.7 Å². The molecule has 0 saturated heterocycles. The van der Waals surface area contributed by atoms with E-state index in [1.165, 1.54) is 24.4 Å². The molecule has 0 fully saturated rings. The van der Waals surface area contributed by atoms with E-state index in [0.717, 1.165) is 10.9 Å². The van der Waals surface area contributed by atoms with Crippen LogP contribution in [0.5, 0.6) is 0 Å². The van der Waals surface area contributed by atoms with Gasteiger partial charge in [-0.05, 0) is 18.2 Å². The summed E-state index contributed by atoms with van der Waals surface area (Å²) in [6.07, 6.45) is 1.45. The topological polar surface area (TPSA) is 73.1 Å². The number of hydrogen-bond acceptors (Lipinski definition) is 4. The third-order valence-electron chi connectivity index (χ3n) is 3.20. The second-order valence-corrected chi connectivity index (χ2v) is 4.52. The first-order chi connectivity index (χ1) is 10.2. The van der Waals surface area contributed by atoms with Crippen LogP contribution in [0.4, 0.5) is 5.69 Å². The molecule has 1 heterocycles. The summed E-state index contributed by atoms with van der Waals surface area (Å²) in [5.41, 5.74) is 0.981. The fourth-order valence-electron chi connectivity index (χ4n) is 2.18. The van der Waals surface area contributed by atoms with E-state index in [1.54, 1.807) is 12.1 Å². The number of carbonyl (C=O) groups excluding carboxylic acids is 1. The first-order valence-corrected chi connectivity index (χ1v) is 6.30. The van der Waals surface area contributed by atoms with Gasteiger partial charge in [-0.2, -0.15) is 0 Å². The van der Waals surface area contributed by atoms with Crippen molar-refractivity contribution in [2.24, 2.45) is 0 Å². The number of benzene rings is 2. The van der Waals surface area contributed by atoms with Crippen molar-refractivity contribution in [3.8, 4) is 0 Å². The lowest BCUT2D eigenvalue weighted by molar-refractivity contribution is -0.385. The van der Waals surface area contributed by atoms with Crippen LogP contribution in [0.1, 0.15) is 15.9 Å². The summed E-state index contributed by atoms with van der Waals surface area (Å²) in [4.78, 5) is 27.1. The Balaban J connectivity index is 2.10. The molecular weight excluding hydrogens is 268 g/mol. The summed E-state index contributed by atoms with van der Waals surface area (Å²) in [6.45, 7) is 0. The van der Waals surface area contributed by atoms with E-state index in [4.69, 9.17) is 0 Å². The van der Waals surface area contributed by atoms with Gasteiger partial charge in [0.25, 0.3) is 5.69 Å². The highest BCUT2D eigenvalue weighted by atomic mass is 16.6. The van der Waals surface area contributed by atoms with Crippen LogP contribution in [0.3, 0.4) is 0 Å². The van der Waals surface area contributed by atoms with Crippen molar-refractivity contribution in [3.63, 3.8) is 0 Å². The molecule has 0 amide bonds. The average molecular weight is 278 g/mol. The first kappa shape index (κ1) is 12.9. The Bertz CT molecular complexity index is 859. The maximum absolute atomic E-state index is 12.5. The molecule has 0 aliphatic heterocycles. The summed E-state index contributed by atoms with van der Waals surface area (Å²) < 4.78 is 0. The molecule has 3 aromatic rings. The van der Waals surface area contributed by atoms with Crippen LogP contribution in [0.2, 0.25) is 0 Å². The Hall–Kier alpha value is -3.08. The number of nitro groups is 1. The van der Waals surface area contributed by atoms with Crippen molar-refractivity contribution in [2.75, 3.05) is 0 Å². The van der Waals surface area contributed by atoms with Crippen molar-refractivity contribution in [3.05, 3.63) is 82.0 Å². The van der Waals surface area contributed by atoms with Gasteiger partial charge < -0.3 is 0 Å².